The molecule has 0 unspecified atom stereocenters. The molecule has 3 fully saturated rings. The summed E-state index contributed by atoms with van der Waals surface area (Å²) >= 11 is 0. The van der Waals surface area contributed by atoms with E-state index in [0.717, 1.165) is 12.0 Å². The van der Waals surface area contributed by atoms with Gasteiger partial charge in [0.05, 0.1) is 29.1 Å². The monoisotopic (exact) mass is 474 g/mol. The molecule has 0 spiro atoms. The van der Waals surface area contributed by atoms with E-state index in [4.69, 9.17) is 5.73 Å². The molecule has 0 saturated carbocycles. The van der Waals surface area contributed by atoms with Crippen molar-refractivity contribution in [3.8, 4) is 6.07 Å². The number of nitrogens with two attached hydrogens (primary N) is 1. The van der Waals surface area contributed by atoms with Gasteiger partial charge < -0.3 is 15.5 Å². The predicted molar refractivity (Wildman–Crippen MR) is 120 cm³/mol. The van der Waals surface area contributed by atoms with Crippen molar-refractivity contribution in [1.82, 2.24) is 19.4 Å². The van der Waals surface area contributed by atoms with Crippen molar-refractivity contribution in [3.63, 3.8) is 0 Å². The smallest absolute Gasteiger partial charge is 0.241 e. The number of fused-ring (bicyclic) bond motifs is 2. The summed E-state index contributed by atoms with van der Waals surface area (Å²) in [6, 6.07) is 6.95. The zero-order chi connectivity index (χ0) is 23.9. The Kier molecular flexibility index (Phi) is 6.46. The van der Waals surface area contributed by atoms with Gasteiger partial charge in [-0.05, 0) is 50.9 Å². The summed E-state index contributed by atoms with van der Waals surface area (Å²) in [5.41, 5.74) is 6.95. The second kappa shape index (κ2) is 9.02. The van der Waals surface area contributed by atoms with Crippen LogP contribution < -0.4 is 10.5 Å². The molecule has 2 bridgehead atoms. The van der Waals surface area contributed by atoms with E-state index in [0.29, 0.717) is 25.9 Å². The molecule has 1 aromatic carbocycles. The highest BCUT2D eigenvalue weighted by molar-refractivity contribution is 7.89. The highest BCUT2D eigenvalue weighted by Gasteiger charge is 2.51. The number of likely N-dealkylation sites (tertiary alicyclic amines) is 3. The van der Waals surface area contributed by atoms with Crippen LogP contribution in [-0.2, 0) is 19.6 Å². The number of hydrogen-bond acceptors (Lipinski definition) is 7. The lowest BCUT2D eigenvalue weighted by molar-refractivity contribution is -0.141. The van der Waals surface area contributed by atoms with Crippen molar-refractivity contribution in [2.24, 2.45) is 5.73 Å². The lowest BCUT2D eigenvalue weighted by Crippen LogP contribution is -2.56. The van der Waals surface area contributed by atoms with Gasteiger partial charge in [0, 0.05) is 25.7 Å². The molecular formula is C22H30N6O4S. The third kappa shape index (κ3) is 4.24. The fraction of sp³-hybridized carbons (Fsp3) is 0.591. The zero-order valence-electron chi connectivity index (χ0n) is 18.8. The van der Waals surface area contributed by atoms with Gasteiger partial charge in [-0.15, -0.1) is 0 Å². The zero-order valence-corrected chi connectivity index (χ0v) is 19.7. The minimum Gasteiger partial charge on any atom is -0.330 e. The Bertz CT molecular complexity index is 1090. The number of piperazine rings is 1. The standard InChI is InChI=1S/C22H30N6O4S/c1-14(15-5-3-7-18(9-15)33(31,32)25-2)28-17-10-20(22(28)30)26(12-17)13-19(24)21(29)27-8-4-6-16(27)11-23/h3,5,7,9,14,16-17,19-20,25H,4,6,8,10,12-13,24H2,1-2H3/t14-,16-,17-,19-,20-/m0/s1. The number of nitrogens with zero attached hydrogens (tertiary/aromatic N) is 4. The fourth-order valence-corrected chi connectivity index (χ4v) is 6.11. The van der Waals surface area contributed by atoms with Crippen LogP contribution in [0.4, 0.5) is 0 Å². The maximum absolute atomic E-state index is 13.2. The molecule has 2 amide bonds. The highest BCUT2D eigenvalue weighted by Crippen LogP contribution is 2.38. The van der Waals surface area contributed by atoms with Crippen LogP contribution >= 0.6 is 0 Å². The van der Waals surface area contributed by atoms with E-state index in [1.165, 1.54) is 13.1 Å². The minimum absolute atomic E-state index is 0.0250. The summed E-state index contributed by atoms with van der Waals surface area (Å²) < 4.78 is 26.6. The van der Waals surface area contributed by atoms with Gasteiger partial charge in [-0.25, -0.2) is 13.1 Å². The van der Waals surface area contributed by atoms with Gasteiger partial charge in [0.1, 0.15) is 6.04 Å². The molecule has 3 N–H and O–H groups in total. The first-order valence-corrected chi connectivity index (χ1v) is 12.7. The van der Waals surface area contributed by atoms with Crippen LogP contribution in [0, 0.1) is 11.3 Å². The molecule has 3 aliphatic rings. The topological polar surface area (TPSA) is 140 Å². The normalized spacial score (nSPS) is 27.1. The highest BCUT2D eigenvalue weighted by atomic mass is 32.2. The second-order valence-electron chi connectivity index (χ2n) is 8.99. The number of rotatable bonds is 7. The second-order valence-corrected chi connectivity index (χ2v) is 10.9. The van der Waals surface area contributed by atoms with Gasteiger partial charge >= 0.3 is 0 Å². The number of carbonyl (C=O) groups excluding carboxylic acids is 2. The number of amides is 2. The summed E-state index contributed by atoms with van der Waals surface area (Å²) in [6.07, 6.45) is 2.13. The van der Waals surface area contributed by atoms with Crippen LogP contribution in [0.25, 0.3) is 0 Å². The quantitative estimate of drug-likeness (QED) is 0.557. The molecule has 3 saturated heterocycles. The summed E-state index contributed by atoms with van der Waals surface area (Å²) in [5, 5.41) is 9.24. The Morgan fingerprint density at radius 3 is 2.82 bits per heavy atom. The van der Waals surface area contributed by atoms with Crippen molar-refractivity contribution >= 4 is 21.8 Å². The number of nitriles is 1. The molecule has 0 aromatic heterocycles. The van der Waals surface area contributed by atoms with Gasteiger partial charge in [0.25, 0.3) is 0 Å². The third-order valence-electron chi connectivity index (χ3n) is 7.08. The Balaban J connectivity index is 1.42. The van der Waals surface area contributed by atoms with Crippen molar-refractivity contribution in [3.05, 3.63) is 29.8 Å². The average Bonchev–Trinajstić information content (AvgIpc) is 3.52. The van der Waals surface area contributed by atoms with E-state index in [1.807, 2.05) is 22.8 Å². The Morgan fingerprint density at radius 1 is 1.39 bits per heavy atom. The van der Waals surface area contributed by atoms with Gasteiger partial charge in [-0.1, -0.05) is 12.1 Å². The van der Waals surface area contributed by atoms with Crippen molar-refractivity contribution in [2.45, 2.75) is 61.3 Å². The lowest BCUT2D eigenvalue weighted by Gasteiger charge is -2.38. The average molecular weight is 475 g/mol. The Labute approximate surface area is 194 Å². The van der Waals surface area contributed by atoms with Crippen LogP contribution in [-0.4, -0.2) is 85.8 Å². The fourth-order valence-electron chi connectivity index (χ4n) is 5.33. The van der Waals surface area contributed by atoms with Crippen LogP contribution in [0.1, 0.15) is 37.8 Å². The van der Waals surface area contributed by atoms with E-state index in [9.17, 15) is 23.3 Å². The van der Waals surface area contributed by atoms with Crippen molar-refractivity contribution in [2.75, 3.05) is 26.7 Å². The largest absolute Gasteiger partial charge is 0.330 e. The molecule has 0 radical (unpaired) electrons. The molecule has 0 aliphatic carbocycles. The molecule has 11 heteroatoms. The summed E-state index contributed by atoms with van der Waals surface area (Å²) in [5.74, 6) is -0.265. The van der Waals surface area contributed by atoms with Crippen LogP contribution in [0.15, 0.2) is 29.2 Å². The summed E-state index contributed by atoms with van der Waals surface area (Å²) in [7, 11) is -2.21. The van der Waals surface area contributed by atoms with Crippen molar-refractivity contribution < 1.29 is 18.0 Å². The van der Waals surface area contributed by atoms with Crippen LogP contribution in [0.2, 0.25) is 0 Å². The summed E-state index contributed by atoms with van der Waals surface area (Å²) in [4.78, 5) is 31.5. The number of benzene rings is 1. The van der Waals surface area contributed by atoms with E-state index < -0.39 is 22.1 Å². The molecule has 33 heavy (non-hydrogen) atoms. The predicted octanol–water partition coefficient (Wildman–Crippen LogP) is -0.217. The maximum Gasteiger partial charge on any atom is 0.241 e. The summed E-state index contributed by atoms with van der Waals surface area (Å²) in [6.45, 7) is 3.33. The number of carbonyl (C=O) groups is 2. The number of hydrogen-bond donors (Lipinski definition) is 2. The molecule has 178 valence electrons. The molecule has 5 atom stereocenters. The molecule has 3 aliphatic heterocycles. The van der Waals surface area contributed by atoms with E-state index in [2.05, 4.69) is 10.8 Å². The molecule has 4 rings (SSSR count). The van der Waals surface area contributed by atoms with E-state index in [-0.39, 0.29) is 41.4 Å². The van der Waals surface area contributed by atoms with Crippen LogP contribution in [0.5, 0.6) is 0 Å². The number of nitrogens with one attached hydrogen (secondary N) is 1. The third-order valence-corrected chi connectivity index (χ3v) is 8.50. The SMILES string of the molecule is CNS(=O)(=O)c1cccc([C@H](C)N2C(=O)[C@@H]3C[C@H]2CN3C[C@H](N)C(=O)N2CCC[C@H]2C#N)c1. The van der Waals surface area contributed by atoms with Gasteiger partial charge in [-0.2, -0.15) is 5.26 Å². The minimum atomic E-state index is -3.58. The van der Waals surface area contributed by atoms with Gasteiger partial charge in [0.15, 0.2) is 0 Å². The molecule has 10 nitrogen and oxygen atoms in total. The molecule has 3 heterocycles. The van der Waals surface area contributed by atoms with Crippen molar-refractivity contribution in [1.29, 1.82) is 5.26 Å². The number of sulfonamides is 1. The maximum atomic E-state index is 13.2. The van der Waals surface area contributed by atoms with Gasteiger partial charge in [-0.3, -0.25) is 14.5 Å². The first kappa shape index (κ1) is 23.6. The van der Waals surface area contributed by atoms with E-state index in [1.54, 1.807) is 17.0 Å². The first-order valence-electron chi connectivity index (χ1n) is 11.2. The Hall–Kier alpha value is -2.52. The molecule has 1 aromatic rings. The lowest BCUT2D eigenvalue weighted by atomic mass is 10.1. The molecular weight excluding hydrogens is 444 g/mol. The first-order chi connectivity index (χ1) is 15.7. The Morgan fingerprint density at radius 2 is 2.15 bits per heavy atom. The van der Waals surface area contributed by atoms with E-state index >= 15 is 0 Å². The van der Waals surface area contributed by atoms with Crippen LogP contribution in [0.3, 0.4) is 0 Å². The van der Waals surface area contributed by atoms with Gasteiger partial charge in [0.2, 0.25) is 21.8 Å².